The van der Waals surface area contributed by atoms with Gasteiger partial charge in [-0.15, -0.1) is 0 Å². The van der Waals surface area contributed by atoms with Crippen molar-refractivity contribution in [1.82, 2.24) is 0 Å². The van der Waals surface area contributed by atoms with Gasteiger partial charge in [0.15, 0.2) is 5.78 Å². The van der Waals surface area contributed by atoms with Crippen molar-refractivity contribution in [3.8, 4) is 0 Å². The number of hydrogen-bond donors (Lipinski definition) is 1. The molecule has 0 aromatic heterocycles. The highest BCUT2D eigenvalue weighted by Gasteiger charge is 2.43. The maximum absolute atomic E-state index is 13.1. The van der Waals surface area contributed by atoms with Gasteiger partial charge in [-0.1, -0.05) is 30.2 Å². The molecule has 0 spiro atoms. The lowest BCUT2D eigenvalue weighted by molar-refractivity contribution is -0.132. The van der Waals surface area contributed by atoms with E-state index in [2.05, 4.69) is 13.0 Å². The van der Waals surface area contributed by atoms with Crippen LogP contribution in [0.5, 0.6) is 0 Å². The van der Waals surface area contributed by atoms with Gasteiger partial charge in [-0.2, -0.15) is 0 Å². The fraction of sp³-hybridized carbons (Fsp3) is 0.560. The molecular formula is C25H36O5. The van der Waals surface area contributed by atoms with Gasteiger partial charge in [-0.3, -0.25) is 4.79 Å². The third-order valence-electron chi connectivity index (χ3n) is 5.53. The van der Waals surface area contributed by atoms with Gasteiger partial charge in [0.25, 0.3) is 0 Å². The summed E-state index contributed by atoms with van der Waals surface area (Å²) in [5, 5.41) is 9.70. The summed E-state index contributed by atoms with van der Waals surface area (Å²) in [6, 6.07) is 0. The van der Waals surface area contributed by atoms with Crippen LogP contribution in [0.25, 0.3) is 0 Å². The topological polar surface area (TPSA) is 80.7 Å². The number of esters is 1. The number of aliphatic hydroxyl groups excluding tert-OH is 1. The molecule has 0 bridgehead atoms. The van der Waals surface area contributed by atoms with Gasteiger partial charge in [0.2, 0.25) is 0 Å². The van der Waals surface area contributed by atoms with Crippen LogP contribution in [0, 0.1) is 17.3 Å². The van der Waals surface area contributed by atoms with Crippen LogP contribution in [0.2, 0.25) is 0 Å². The molecule has 3 unspecified atom stereocenters. The predicted molar refractivity (Wildman–Crippen MR) is 119 cm³/mol. The van der Waals surface area contributed by atoms with Crippen LogP contribution in [-0.4, -0.2) is 29.2 Å². The normalized spacial score (nSPS) is 24.1. The van der Waals surface area contributed by atoms with E-state index in [0.717, 1.165) is 18.4 Å². The van der Waals surface area contributed by atoms with Gasteiger partial charge >= 0.3 is 5.97 Å². The van der Waals surface area contributed by atoms with E-state index in [1.54, 1.807) is 26.0 Å². The molecule has 0 radical (unpaired) electrons. The molecule has 5 nitrogen and oxygen atoms in total. The van der Waals surface area contributed by atoms with E-state index in [0.29, 0.717) is 12.0 Å². The molecule has 0 heterocycles. The highest BCUT2D eigenvalue weighted by Crippen LogP contribution is 2.46. The number of aliphatic hydroxyl groups is 1. The fourth-order valence-corrected chi connectivity index (χ4v) is 3.94. The molecule has 0 saturated carbocycles. The van der Waals surface area contributed by atoms with E-state index < -0.39 is 11.9 Å². The second-order valence-electron chi connectivity index (χ2n) is 8.96. The molecule has 1 rings (SSSR count). The van der Waals surface area contributed by atoms with Crippen molar-refractivity contribution < 1.29 is 24.2 Å². The summed E-state index contributed by atoms with van der Waals surface area (Å²) < 4.78 is 5.20. The lowest BCUT2D eigenvalue weighted by atomic mass is 9.65. The zero-order chi connectivity index (χ0) is 22.9. The monoisotopic (exact) mass is 416 g/mol. The first-order valence-electron chi connectivity index (χ1n) is 10.5. The van der Waals surface area contributed by atoms with Crippen LogP contribution < -0.4 is 0 Å². The summed E-state index contributed by atoms with van der Waals surface area (Å²) in [5.41, 5.74) is 2.07. The van der Waals surface area contributed by atoms with E-state index in [4.69, 9.17) is 4.74 Å². The zero-order valence-electron chi connectivity index (χ0n) is 19.2. The molecule has 0 saturated heterocycles. The van der Waals surface area contributed by atoms with E-state index in [9.17, 15) is 19.5 Å². The number of ketones is 2. The van der Waals surface area contributed by atoms with Gasteiger partial charge in [-0.05, 0) is 71.3 Å². The minimum absolute atomic E-state index is 0.0841. The minimum atomic E-state index is -0.599. The smallest absolute Gasteiger partial charge is 0.335 e. The maximum atomic E-state index is 13.1. The first-order chi connectivity index (χ1) is 14.0. The second kappa shape index (κ2) is 11.8. The van der Waals surface area contributed by atoms with Crippen LogP contribution in [-0.2, 0) is 19.1 Å². The number of hydrogen-bond acceptors (Lipinski definition) is 5. The van der Waals surface area contributed by atoms with Crippen molar-refractivity contribution in [3.63, 3.8) is 0 Å². The number of allylic oxidation sites excluding steroid dienone is 5. The van der Waals surface area contributed by atoms with E-state index >= 15 is 0 Å². The van der Waals surface area contributed by atoms with Gasteiger partial charge < -0.3 is 14.6 Å². The Hall–Kier alpha value is -2.27. The first-order valence-corrected chi connectivity index (χ1v) is 10.5. The Morgan fingerprint density at radius 2 is 1.87 bits per heavy atom. The Kier molecular flexibility index (Phi) is 10.1. The van der Waals surface area contributed by atoms with Crippen molar-refractivity contribution in [3.05, 3.63) is 47.3 Å². The first kappa shape index (κ1) is 25.8. The minimum Gasteiger partial charge on any atom is -0.432 e. The van der Waals surface area contributed by atoms with E-state index in [-0.39, 0.29) is 35.9 Å². The Labute approximate surface area is 180 Å². The molecule has 0 aliphatic heterocycles. The van der Waals surface area contributed by atoms with Crippen LogP contribution in [0.15, 0.2) is 47.3 Å². The maximum Gasteiger partial charge on any atom is 0.335 e. The van der Waals surface area contributed by atoms with Crippen molar-refractivity contribution in [2.24, 2.45) is 17.3 Å². The molecule has 0 fully saturated rings. The standard InChI is InChI=1S/C25H36O5/c1-17(2)8-7-11-25(6)12-9-20(16-26)24(29)21(15-19(5)27)22(25)10-13-30-23(28)14-18(3)4/h8-10,13-14,21-22,26H,7,11-12,15-16H2,1-6H3. The molecule has 5 heteroatoms. The number of ether oxygens (including phenoxy) is 1. The van der Waals surface area contributed by atoms with Crippen LogP contribution >= 0.6 is 0 Å². The summed E-state index contributed by atoms with van der Waals surface area (Å²) in [6.45, 7) is 10.9. The highest BCUT2D eigenvalue weighted by molar-refractivity contribution is 6.00. The van der Waals surface area contributed by atoms with Crippen molar-refractivity contribution in [2.45, 2.75) is 67.2 Å². The SMILES string of the molecule is CC(=O)CC1C(=O)C(CO)=CCC(C)(CCC=C(C)C)C1C=COC(=O)C=C(C)C. The largest absolute Gasteiger partial charge is 0.432 e. The molecule has 0 amide bonds. The average molecular weight is 417 g/mol. The summed E-state index contributed by atoms with van der Waals surface area (Å²) in [4.78, 5) is 36.9. The van der Waals surface area contributed by atoms with Gasteiger partial charge in [0, 0.05) is 24.0 Å². The van der Waals surface area contributed by atoms with E-state index in [1.807, 2.05) is 13.8 Å². The number of Topliss-reactive ketones (excluding diaryl/α,β-unsaturated/α-hetero) is 2. The molecule has 0 aromatic rings. The van der Waals surface area contributed by atoms with Crippen molar-refractivity contribution in [1.29, 1.82) is 0 Å². The van der Waals surface area contributed by atoms with Gasteiger partial charge in [-0.25, -0.2) is 4.79 Å². The van der Waals surface area contributed by atoms with E-state index in [1.165, 1.54) is 24.8 Å². The average Bonchev–Trinajstić information content (AvgIpc) is 2.71. The number of carbonyl (C=O) groups excluding carboxylic acids is 3. The van der Waals surface area contributed by atoms with Crippen LogP contribution in [0.4, 0.5) is 0 Å². The molecular weight excluding hydrogens is 380 g/mol. The van der Waals surface area contributed by atoms with Gasteiger partial charge in [0.1, 0.15) is 5.78 Å². The summed E-state index contributed by atoms with van der Waals surface area (Å²) in [7, 11) is 0. The molecule has 166 valence electrons. The summed E-state index contributed by atoms with van der Waals surface area (Å²) >= 11 is 0. The highest BCUT2D eigenvalue weighted by atomic mass is 16.5. The van der Waals surface area contributed by atoms with Crippen molar-refractivity contribution >= 4 is 17.5 Å². The molecule has 1 aliphatic rings. The van der Waals surface area contributed by atoms with Crippen LogP contribution in [0.3, 0.4) is 0 Å². The van der Waals surface area contributed by atoms with Crippen LogP contribution in [0.1, 0.15) is 67.2 Å². The lowest BCUT2D eigenvalue weighted by Gasteiger charge is -2.38. The summed E-state index contributed by atoms with van der Waals surface area (Å²) in [6.07, 6.45) is 10.8. The Balaban J connectivity index is 3.33. The third-order valence-corrected chi connectivity index (χ3v) is 5.53. The second-order valence-corrected chi connectivity index (χ2v) is 8.96. The van der Waals surface area contributed by atoms with Gasteiger partial charge in [0.05, 0.1) is 12.9 Å². The van der Waals surface area contributed by atoms with Crippen molar-refractivity contribution in [2.75, 3.05) is 6.61 Å². The lowest BCUT2D eigenvalue weighted by Crippen LogP contribution is -2.35. The Bertz CT molecular complexity index is 760. The number of rotatable bonds is 9. The Morgan fingerprint density at radius 1 is 1.20 bits per heavy atom. The molecule has 1 aliphatic carbocycles. The zero-order valence-corrected chi connectivity index (χ0v) is 19.2. The summed E-state index contributed by atoms with van der Waals surface area (Å²) in [5.74, 6) is -1.67. The molecule has 0 aromatic carbocycles. The fourth-order valence-electron chi connectivity index (χ4n) is 3.94. The Morgan fingerprint density at radius 3 is 2.40 bits per heavy atom. The molecule has 3 atom stereocenters. The quantitative estimate of drug-likeness (QED) is 0.251. The third kappa shape index (κ3) is 7.86. The number of carbonyl (C=O) groups is 3. The molecule has 1 N–H and O–H groups in total. The molecule has 30 heavy (non-hydrogen) atoms. The predicted octanol–water partition coefficient (Wildman–Crippen LogP) is 4.87.